The minimum Gasteiger partial charge on any atom is -0.397 e. The number of nitrogens with one attached hydrogen (secondary N) is 1. The summed E-state index contributed by atoms with van der Waals surface area (Å²) in [5, 5.41) is 26.2. The lowest BCUT2D eigenvalue weighted by atomic mass is 10.0. The van der Waals surface area contributed by atoms with Gasteiger partial charge in [-0.25, -0.2) is 9.97 Å². The predicted octanol–water partition coefficient (Wildman–Crippen LogP) is 8.92. The Balaban J connectivity index is 0.000000279. The van der Waals surface area contributed by atoms with E-state index in [1.165, 1.54) is 24.3 Å². The zero-order valence-corrected chi connectivity index (χ0v) is 34.5. The minimum atomic E-state index is -0.484. The zero-order chi connectivity index (χ0) is 44.8. The van der Waals surface area contributed by atoms with Gasteiger partial charge in [0.05, 0.1) is 26.1 Å². The van der Waals surface area contributed by atoms with Crippen molar-refractivity contribution in [2.24, 2.45) is 0 Å². The van der Waals surface area contributed by atoms with Gasteiger partial charge in [0, 0.05) is 71.4 Å². The molecule has 0 radical (unpaired) electrons. The van der Waals surface area contributed by atoms with Gasteiger partial charge >= 0.3 is 0 Å². The number of non-ortho nitro benzene ring substituents is 1. The Kier molecular flexibility index (Phi) is 17.6. The number of hydrogen-bond donors (Lipinski definition) is 4. The lowest BCUT2D eigenvalue weighted by Crippen LogP contribution is -2.24. The van der Waals surface area contributed by atoms with E-state index in [9.17, 15) is 25.0 Å². The third-order valence-corrected chi connectivity index (χ3v) is 9.01. The van der Waals surface area contributed by atoms with Gasteiger partial charge in [-0.05, 0) is 116 Å². The normalized spacial score (nSPS) is 10.0. The summed E-state index contributed by atoms with van der Waals surface area (Å²) < 4.78 is 0. The van der Waals surface area contributed by atoms with Crippen molar-refractivity contribution in [3.63, 3.8) is 0 Å². The number of nitrogens with two attached hydrogens (primary N) is 3. The van der Waals surface area contributed by atoms with E-state index in [0.29, 0.717) is 52.4 Å². The second-order valence-corrected chi connectivity index (χ2v) is 14.0. The number of fused-ring (bicyclic) bond motifs is 2. The van der Waals surface area contributed by atoms with Gasteiger partial charge in [0.1, 0.15) is 23.3 Å². The predicted molar refractivity (Wildman–Crippen MR) is 246 cm³/mol. The molecule has 0 spiro atoms. The molecule has 0 atom stereocenters. The molecular weight excluding hydrogens is 812 g/mol. The van der Waals surface area contributed by atoms with Crippen LogP contribution in [0.2, 0.25) is 5.02 Å². The number of benzene rings is 3. The van der Waals surface area contributed by atoms with Gasteiger partial charge < -0.3 is 22.5 Å². The summed E-state index contributed by atoms with van der Waals surface area (Å²) in [6, 6.07) is 22.7. The number of amides is 1. The molecule has 0 fully saturated rings. The number of aryl methyl sites for hydroxylation is 4. The van der Waals surface area contributed by atoms with E-state index < -0.39 is 9.85 Å². The Morgan fingerprint density at radius 1 is 0.806 bits per heavy atom. The van der Waals surface area contributed by atoms with Crippen LogP contribution in [0.3, 0.4) is 0 Å². The maximum atomic E-state index is 12.8. The number of nitrogens with zero attached hydrogens (tertiary/aromatic N) is 6. The molecule has 3 aromatic carbocycles. The fraction of sp³-hybridized carbons (Fsp3) is 0.156. The number of allylic oxidation sites excluding steroid dienone is 1. The SMILES string of the molecule is C.C=CC=O.Cc1cc(N)nc(C)c1CNC(=O)c1ccnc(Cc2cc(N)c3ncc(Cl)cc3c2)c1.Cc1cc([N+](=O)[O-])c2ncccc2c1.Cc1ccc(N)c([N+](=O)[O-])c1. The molecule has 0 aliphatic rings. The van der Waals surface area contributed by atoms with Gasteiger partial charge in [-0.2, -0.15) is 0 Å². The topological polar surface area (TPSA) is 262 Å². The van der Waals surface area contributed by atoms with Gasteiger partial charge in [-0.15, -0.1) is 0 Å². The Hall–Kier alpha value is -7.85. The summed E-state index contributed by atoms with van der Waals surface area (Å²) in [7, 11) is 0. The highest BCUT2D eigenvalue weighted by Gasteiger charge is 2.14. The smallest absolute Gasteiger partial charge is 0.295 e. The first-order valence-corrected chi connectivity index (χ1v) is 18.7. The molecule has 0 saturated heterocycles. The van der Waals surface area contributed by atoms with Crippen LogP contribution in [-0.2, 0) is 17.8 Å². The largest absolute Gasteiger partial charge is 0.397 e. The second kappa shape index (κ2) is 22.5. The summed E-state index contributed by atoms with van der Waals surface area (Å²) in [5.74, 6) is 0.291. The highest BCUT2D eigenvalue weighted by atomic mass is 35.5. The first kappa shape index (κ1) is 48.5. The summed E-state index contributed by atoms with van der Waals surface area (Å²) >= 11 is 6.07. The van der Waals surface area contributed by atoms with E-state index in [1.807, 2.05) is 51.1 Å². The first-order chi connectivity index (χ1) is 29.0. The standard InChI is InChI=1S/C24H23ClN6O.C10H8N2O2.C7H8N2O2.C3H4O.CH4/c1-13-5-22(27)31-14(2)20(13)12-30-24(32)16-3-4-28-19(10-16)7-15-6-17-9-18(25)11-29-23(17)21(26)8-15;1-7-5-8-3-2-4-11-10(8)9(6-7)12(13)14;1-5-2-3-6(8)7(4-5)9(10)11;1-2-3-4;/h3-6,8-11H,7,12,26H2,1-2H3,(H2,27,31)(H,30,32);2-6H,1H3;2-4H,8H2,1H3;2-3H,1H2;1H4. The molecular formula is C45H47ClN10O6. The van der Waals surface area contributed by atoms with Crippen LogP contribution in [0.25, 0.3) is 21.8 Å². The van der Waals surface area contributed by atoms with Crippen molar-refractivity contribution in [2.45, 2.75) is 48.1 Å². The Bertz CT molecular complexity index is 2740. The fourth-order valence-electron chi connectivity index (χ4n) is 6.04. The van der Waals surface area contributed by atoms with Crippen molar-refractivity contribution >= 4 is 74.2 Å². The van der Waals surface area contributed by atoms with Crippen LogP contribution < -0.4 is 22.5 Å². The third-order valence-electron chi connectivity index (χ3n) is 8.81. The Labute approximate surface area is 363 Å². The quantitative estimate of drug-likeness (QED) is 0.0366. The fourth-order valence-corrected chi connectivity index (χ4v) is 6.21. The van der Waals surface area contributed by atoms with Crippen LogP contribution in [0.5, 0.6) is 0 Å². The molecule has 7 N–H and O–H groups in total. The number of carbonyl (C=O) groups excluding carboxylic acids is 2. The summed E-state index contributed by atoms with van der Waals surface area (Å²) in [5.41, 5.74) is 26.0. The minimum absolute atomic E-state index is 0. The Morgan fingerprint density at radius 3 is 2.15 bits per heavy atom. The molecule has 16 nitrogen and oxygen atoms in total. The summed E-state index contributed by atoms with van der Waals surface area (Å²) in [6.07, 6.45) is 7.12. The number of nitro benzene ring substituents is 2. The molecule has 17 heteroatoms. The number of halogens is 1. The van der Waals surface area contributed by atoms with Crippen molar-refractivity contribution < 1.29 is 19.4 Å². The summed E-state index contributed by atoms with van der Waals surface area (Å²) in [6.45, 7) is 10.9. The molecule has 62 heavy (non-hydrogen) atoms. The average Bonchev–Trinajstić information content (AvgIpc) is 3.21. The van der Waals surface area contributed by atoms with E-state index in [2.05, 4.69) is 31.8 Å². The van der Waals surface area contributed by atoms with Crippen LogP contribution in [0.4, 0.5) is 28.6 Å². The zero-order valence-electron chi connectivity index (χ0n) is 33.8. The number of aldehydes is 1. The van der Waals surface area contributed by atoms with Gasteiger partial charge in [-0.3, -0.25) is 39.8 Å². The number of hydrogen-bond acceptors (Lipinski definition) is 13. The van der Waals surface area contributed by atoms with Crippen LogP contribution in [-0.4, -0.2) is 42.0 Å². The molecule has 0 aliphatic heterocycles. The highest BCUT2D eigenvalue weighted by Crippen LogP contribution is 2.27. The van der Waals surface area contributed by atoms with Crippen molar-refractivity contribution in [3.8, 4) is 0 Å². The molecule has 0 bridgehead atoms. The van der Waals surface area contributed by atoms with E-state index in [0.717, 1.165) is 50.0 Å². The van der Waals surface area contributed by atoms with Crippen LogP contribution in [0.15, 0.2) is 110 Å². The number of pyridine rings is 4. The maximum absolute atomic E-state index is 12.8. The molecule has 0 saturated carbocycles. The van der Waals surface area contributed by atoms with Crippen molar-refractivity contribution in [3.05, 3.63) is 180 Å². The third kappa shape index (κ3) is 13.3. The van der Waals surface area contributed by atoms with E-state index in [1.54, 1.807) is 55.8 Å². The monoisotopic (exact) mass is 858 g/mol. The highest BCUT2D eigenvalue weighted by molar-refractivity contribution is 6.31. The van der Waals surface area contributed by atoms with Crippen molar-refractivity contribution in [1.82, 2.24) is 25.3 Å². The molecule has 7 aromatic rings. The van der Waals surface area contributed by atoms with Gasteiger partial charge in [0.2, 0.25) is 0 Å². The molecule has 4 aromatic heterocycles. The van der Waals surface area contributed by atoms with E-state index in [4.69, 9.17) is 33.6 Å². The van der Waals surface area contributed by atoms with Crippen LogP contribution >= 0.6 is 11.6 Å². The van der Waals surface area contributed by atoms with Gasteiger partial charge in [0.25, 0.3) is 17.3 Å². The van der Waals surface area contributed by atoms with Gasteiger partial charge in [0.15, 0.2) is 0 Å². The molecule has 4 heterocycles. The second-order valence-electron chi connectivity index (χ2n) is 13.5. The van der Waals surface area contributed by atoms with Crippen LogP contribution in [0, 0.1) is 47.9 Å². The number of anilines is 3. The van der Waals surface area contributed by atoms with E-state index >= 15 is 0 Å². The number of aromatic nitrogens is 4. The lowest BCUT2D eigenvalue weighted by Gasteiger charge is -2.12. The Morgan fingerprint density at radius 2 is 1.50 bits per heavy atom. The van der Waals surface area contributed by atoms with E-state index in [-0.39, 0.29) is 30.4 Å². The first-order valence-electron chi connectivity index (χ1n) is 18.4. The molecule has 0 aliphatic carbocycles. The molecule has 0 unspecified atom stereocenters. The number of carbonyl (C=O) groups is 2. The summed E-state index contributed by atoms with van der Waals surface area (Å²) in [4.78, 5) is 58.9. The molecule has 320 valence electrons. The number of nitrogen functional groups attached to an aromatic ring is 3. The van der Waals surface area contributed by atoms with Crippen molar-refractivity contribution in [2.75, 3.05) is 17.2 Å². The number of nitro groups is 2. The molecule has 1 amide bonds. The van der Waals surface area contributed by atoms with Crippen LogP contribution in [0.1, 0.15) is 57.0 Å². The molecule has 7 rings (SSSR count). The maximum Gasteiger partial charge on any atom is 0.295 e. The van der Waals surface area contributed by atoms with Crippen molar-refractivity contribution in [1.29, 1.82) is 0 Å². The number of rotatable bonds is 8. The lowest BCUT2D eigenvalue weighted by molar-refractivity contribution is -0.384. The van der Waals surface area contributed by atoms with Gasteiger partial charge in [-0.1, -0.05) is 37.7 Å². The average molecular weight is 859 g/mol.